The third-order valence-electron chi connectivity index (χ3n) is 5.40. The molecule has 1 N–H and O–H groups in total. The number of amides is 1. The summed E-state index contributed by atoms with van der Waals surface area (Å²) < 4.78 is 17.2. The van der Waals surface area contributed by atoms with Gasteiger partial charge in [0.2, 0.25) is 0 Å². The molecule has 38 heavy (non-hydrogen) atoms. The van der Waals surface area contributed by atoms with Crippen LogP contribution in [-0.2, 0) is 13.2 Å². The number of rotatable bonds is 10. The number of hydrogen-bond acceptors (Lipinski definition) is 5. The Bertz CT molecular complexity index is 1440. The zero-order valence-electron chi connectivity index (χ0n) is 20.3. The van der Waals surface area contributed by atoms with Crippen LogP contribution in [0.4, 0.5) is 0 Å². The molecule has 0 aromatic heterocycles. The normalized spacial score (nSPS) is 10.8. The Balaban J connectivity index is 1.37. The second-order valence-corrected chi connectivity index (χ2v) is 9.33. The largest absolute Gasteiger partial charge is 0.493 e. The molecule has 0 bridgehead atoms. The van der Waals surface area contributed by atoms with Crippen molar-refractivity contribution in [3.05, 3.63) is 122 Å². The van der Waals surface area contributed by atoms with Crippen LogP contribution in [0, 0.1) is 0 Å². The molecule has 9 heteroatoms. The minimum atomic E-state index is -0.422. The van der Waals surface area contributed by atoms with Gasteiger partial charge in [-0.1, -0.05) is 65.1 Å². The summed E-state index contributed by atoms with van der Waals surface area (Å²) in [5.74, 6) is 1.09. The lowest BCUT2D eigenvalue weighted by Gasteiger charge is -2.12. The zero-order valence-corrected chi connectivity index (χ0v) is 22.6. The first-order chi connectivity index (χ1) is 18.4. The van der Waals surface area contributed by atoms with Crippen LogP contribution in [0.5, 0.6) is 17.2 Å². The van der Waals surface area contributed by atoms with E-state index < -0.39 is 5.91 Å². The molecule has 0 spiro atoms. The highest BCUT2D eigenvalue weighted by molar-refractivity contribution is 6.35. The number of para-hydroxylation sites is 1. The van der Waals surface area contributed by atoms with E-state index in [9.17, 15) is 4.79 Å². The molecule has 0 radical (unpaired) electrons. The van der Waals surface area contributed by atoms with Crippen LogP contribution in [0.3, 0.4) is 0 Å². The molecule has 0 saturated heterocycles. The molecule has 0 aliphatic carbocycles. The van der Waals surface area contributed by atoms with Crippen molar-refractivity contribution in [1.82, 2.24) is 5.43 Å². The summed E-state index contributed by atoms with van der Waals surface area (Å²) in [5.41, 5.74) is 5.30. The molecule has 4 rings (SSSR count). The van der Waals surface area contributed by atoms with E-state index in [-0.39, 0.29) is 6.61 Å². The van der Waals surface area contributed by atoms with E-state index in [0.29, 0.717) is 50.1 Å². The second-order valence-electron chi connectivity index (χ2n) is 8.05. The van der Waals surface area contributed by atoms with Crippen molar-refractivity contribution in [2.45, 2.75) is 13.2 Å². The van der Waals surface area contributed by atoms with Crippen molar-refractivity contribution >= 4 is 46.9 Å². The van der Waals surface area contributed by atoms with Gasteiger partial charge in [-0.25, -0.2) is 5.43 Å². The van der Waals surface area contributed by atoms with Gasteiger partial charge in [0.1, 0.15) is 19.0 Å². The molecule has 0 saturated carbocycles. The summed E-state index contributed by atoms with van der Waals surface area (Å²) in [6.07, 6.45) is 1.51. The van der Waals surface area contributed by atoms with E-state index in [4.69, 9.17) is 49.0 Å². The minimum absolute atomic E-state index is 0.176. The number of hydrogen-bond donors (Lipinski definition) is 1. The van der Waals surface area contributed by atoms with Crippen molar-refractivity contribution in [3.63, 3.8) is 0 Å². The van der Waals surface area contributed by atoms with Gasteiger partial charge in [-0.15, -0.1) is 0 Å². The van der Waals surface area contributed by atoms with Crippen molar-refractivity contribution in [2.75, 3.05) is 7.11 Å². The van der Waals surface area contributed by atoms with Crippen LogP contribution in [0.2, 0.25) is 15.1 Å². The van der Waals surface area contributed by atoms with Gasteiger partial charge in [0.15, 0.2) is 11.5 Å². The number of carbonyl (C=O) groups excluding carboxylic acids is 1. The summed E-state index contributed by atoms with van der Waals surface area (Å²) in [4.78, 5) is 12.8. The lowest BCUT2D eigenvalue weighted by Crippen LogP contribution is -2.18. The Hall–Kier alpha value is -3.71. The Kier molecular flexibility index (Phi) is 9.49. The quantitative estimate of drug-likeness (QED) is 0.158. The lowest BCUT2D eigenvalue weighted by molar-refractivity contribution is 0.0950. The van der Waals surface area contributed by atoms with Gasteiger partial charge < -0.3 is 14.2 Å². The van der Waals surface area contributed by atoms with Crippen LogP contribution >= 0.6 is 34.8 Å². The van der Waals surface area contributed by atoms with Gasteiger partial charge in [-0.3, -0.25) is 4.79 Å². The monoisotopic (exact) mass is 568 g/mol. The summed E-state index contributed by atoms with van der Waals surface area (Å²) in [6.45, 7) is 0.540. The van der Waals surface area contributed by atoms with Gasteiger partial charge in [0.05, 0.1) is 18.9 Å². The first-order valence-electron chi connectivity index (χ1n) is 11.5. The molecule has 0 heterocycles. The SMILES string of the molecule is COc1cc(/C=N/NC(=O)c2ccccc2OCc2ccc(Cl)cc2Cl)ccc1OCc1ccc(Cl)cc1. The number of methoxy groups -OCH3 is 1. The third-order valence-corrected chi connectivity index (χ3v) is 6.24. The Morgan fingerprint density at radius 2 is 1.55 bits per heavy atom. The molecule has 4 aromatic rings. The zero-order chi connectivity index (χ0) is 26.9. The predicted molar refractivity (Wildman–Crippen MR) is 151 cm³/mol. The first-order valence-corrected chi connectivity index (χ1v) is 12.6. The summed E-state index contributed by atoms with van der Waals surface area (Å²) in [6, 6.07) is 24.8. The maximum Gasteiger partial charge on any atom is 0.275 e. The van der Waals surface area contributed by atoms with Crippen LogP contribution in [0.1, 0.15) is 27.0 Å². The molecular formula is C29H23Cl3N2O4. The average Bonchev–Trinajstić information content (AvgIpc) is 2.92. The van der Waals surface area contributed by atoms with Crippen molar-refractivity contribution < 1.29 is 19.0 Å². The van der Waals surface area contributed by atoms with Crippen LogP contribution in [0.15, 0.2) is 90.0 Å². The van der Waals surface area contributed by atoms with Crippen molar-refractivity contribution in [3.8, 4) is 17.2 Å². The van der Waals surface area contributed by atoms with Crippen molar-refractivity contribution in [1.29, 1.82) is 0 Å². The molecule has 4 aromatic carbocycles. The van der Waals surface area contributed by atoms with Gasteiger partial charge in [0, 0.05) is 20.6 Å². The molecule has 6 nitrogen and oxygen atoms in total. The molecule has 0 atom stereocenters. The highest BCUT2D eigenvalue weighted by Crippen LogP contribution is 2.29. The number of carbonyl (C=O) groups is 1. The first kappa shape index (κ1) is 27.3. The van der Waals surface area contributed by atoms with E-state index in [2.05, 4.69) is 10.5 Å². The minimum Gasteiger partial charge on any atom is -0.493 e. The fourth-order valence-corrected chi connectivity index (χ4v) is 4.01. The summed E-state index contributed by atoms with van der Waals surface area (Å²) >= 11 is 18.1. The van der Waals surface area contributed by atoms with E-state index >= 15 is 0 Å². The standard InChI is InChI=1S/C29H23Cl3N2O4/c1-36-28-14-20(8-13-27(28)37-17-19-6-10-22(30)11-7-19)16-33-34-29(35)24-4-2-3-5-26(24)38-18-21-9-12-23(31)15-25(21)32/h2-16H,17-18H2,1H3,(H,34,35)/b33-16+. The van der Waals surface area contributed by atoms with E-state index in [0.717, 1.165) is 11.1 Å². The van der Waals surface area contributed by atoms with Crippen LogP contribution < -0.4 is 19.6 Å². The highest BCUT2D eigenvalue weighted by atomic mass is 35.5. The number of benzene rings is 4. The number of hydrazone groups is 1. The van der Waals surface area contributed by atoms with Crippen LogP contribution in [-0.4, -0.2) is 19.2 Å². The molecule has 194 valence electrons. The highest BCUT2D eigenvalue weighted by Gasteiger charge is 2.13. The van der Waals surface area contributed by atoms with E-state index in [1.54, 1.807) is 61.7 Å². The van der Waals surface area contributed by atoms with Crippen molar-refractivity contribution in [2.24, 2.45) is 5.10 Å². The predicted octanol–water partition coefficient (Wildman–Crippen LogP) is 7.58. The molecule has 0 unspecified atom stereocenters. The van der Waals surface area contributed by atoms with E-state index in [1.165, 1.54) is 6.21 Å². The summed E-state index contributed by atoms with van der Waals surface area (Å²) in [7, 11) is 1.56. The van der Waals surface area contributed by atoms with Crippen LogP contribution in [0.25, 0.3) is 0 Å². The molecule has 0 aliphatic rings. The fraction of sp³-hybridized carbons (Fsp3) is 0.103. The Labute approximate surface area is 235 Å². The molecule has 1 amide bonds. The smallest absolute Gasteiger partial charge is 0.275 e. The van der Waals surface area contributed by atoms with Gasteiger partial charge >= 0.3 is 0 Å². The van der Waals surface area contributed by atoms with Gasteiger partial charge in [-0.05, 0) is 65.7 Å². The molecule has 0 fully saturated rings. The van der Waals surface area contributed by atoms with Gasteiger partial charge in [0.25, 0.3) is 5.91 Å². The lowest BCUT2D eigenvalue weighted by atomic mass is 10.2. The number of ether oxygens (including phenoxy) is 3. The number of halogens is 3. The maximum absolute atomic E-state index is 12.8. The number of nitrogens with one attached hydrogen (secondary N) is 1. The fourth-order valence-electron chi connectivity index (χ4n) is 3.43. The Morgan fingerprint density at radius 3 is 2.32 bits per heavy atom. The number of nitrogens with zero attached hydrogens (tertiary/aromatic N) is 1. The average molecular weight is 570 g/mol. The topological polar surface area (TPSA) is 69.2 Å². The molecular weight excluding hydrogens is 547 g/mol. The van der Waals surface area contributed by atoms with E-state index in [1.807, 2.05) is 30.3 Å². The van der Waals surface area contributed by atoms with Gasteiger partial charge in [-0.2, -0.15) is 5.10 Å². The maximum atomic E-state index is 12.8. The third kappa shape index (κ3) is 7.42. The Morgan fingerprint density at radius 1 is 0.816 bits per heavy atom. The molecule has 0 aliphatic heterocycles. The summed E-state index contributed by atoms with van der Waals surface area (Å²) in [5, 5.41) is 5.77. The second kappa shape index (κ2) is 13.2.